The van der Waals surface area contributed by atoms with Crippen molar-refractivity contribution in [1.82, 2.24) is 4.98 Å². The Morgan fingerprint density at radius 1 is 1.19 bits per heavy atom. The van der Waals surface area contributed by atoms with E-state index >= 15 is 0 Å². The van der Waals surface area contributed by atoms with Crippen molar-refractivity contribution in [3.8, 4) is 5.88 Å². The Balaban J connectivity index is -0.000000384. The van der Waals surface area contributed by atoms with E-state index in [0.29, 0.717) is 11.8 Å². The van der Waals surface area contributed by atoms with Gasteiger partial charge in [-0.3, -0.25) is 0 Å². The smallest absolute Gasteiger partial charge is 0.213 e. The molecule has 1 aromatic heterocycles. The number of aromatic nitrogens is 1. The normalized spacial score (nSPS) is 10.3. The van der Waals surface area contributed by atoms with E-state index in [1.54, 1.807) is 0 Å². The maximum Gasteiger partial charge on any atom is 0.213 e. The first kappa shape index (κ1) is 29.9. The quantitative estimate of drug-likeness (QED) is 0.399. The fourth-order valence-corrected chi connectivity index (χ4v) is 1.72. The molecule has 1 rings (SSSR count). The molecule has 0 aliphatic carbocycles. The Hall–Kier alpha value is -1.84. The zero-order valence-electron chi connectivity index (χ0n) is 19.7. The lowest BCUT2D eigenvalue weighted by atomic mass is 10.2. The van der Waals surface area contributed by atoms with Gasteiger partial charge in [-0.05, 0) is 46.6 Å². The molecule has 0 aliphatic rings. The highest BCUT2D eigenvalue weighted by atomic mass is 16.5. The molecule has 27 heavy (non-hydrogen) atoms. The topological polar surface area (TPSA) is 43.7 Å². The summed E-state index contributed by atoms with van der Waals surface area (Å²) in [6.07, 6.45) is 5.81. The van der Waals surface area contributed by atoms with E-state index < -0.39 is 0 Å². The summed E-state index contributed by atoms with van der Waals surface area (Å²) >= 11 is 0. The summed E-state index contributed by atoms with van der Waals surface area (Å²) in [4.78, 5) is 8.08. The zero-order chi connectivity index (χ0) is 21.9. The summed E-state index contributed by atoms with van der Waals surface area (Å²) in [5.41, 5.74) is 1.10. The van der Waals surface area contributed by atoms with Crippen molar-refractivity contribution in [2.45, 2.75) is 101 Å². The average Bonchev–Trinajstić information content (AvgIpc) is 2.59. The Bertz CT molecular complexity index is 472. The van der Waals surface area contributed by atoms with Crippen LogP contribution in [0.4, 0.5) is 0 Å². The largest absolute Gasteiger partial charge is 0.478 e. The molecule has 4 nitrogen and oxygen atoms in total. The number of aryl methyl sites for hydroxylation is 1. The van der Waals surface area contributed by atoms with Crippen LogP contribution in [0.2, 0.25) is 0 Å². The lowest BCUT2D eigenvalue weighted by Crippen LogP contribution is -2.23. The highest BCUT2D eigenvalue weighted by Gasteiger charge is 2.11. The van der Waals surface area contributed by atoms with Crippen LogP contribution in [0.25, 0.3) is 0 Å². The van der Waals surface area contributed by atoms with Gasteiger partial charge in [-0.2, -0.15) is 0 Å². The highest BCUT2D eigenvalue weighted by molar-refractivity contribution is 5.73. The number of nitrogens with zero attached hydrogens (tertiary/aromatic N) is 2. The molecular formula is C23H44N2O2. The molecule has 0 saturated heterocycles. The van der Waals surface area contributed by atoms with Crippen LogP contribution in [0.15, 0.2) is 36.1 Å². The van der Waals surface area contributed by atoms with Crippen LogP contribution >= 0.6 is 0 Å². The van der Waals surface area contributed by atoms with Crippen molar-refractivity contribution in [3.63, 3.8) is 0 Å². The Kier molecular flexibility index (Phi) is 21.0. The lowest BCUT2D eigenvalue weighted by molar-refractivity contribution is 0.124. The summed E-state index contributed by atoms with van der Waals surface area (Å²) in [6, 6.07) is 4.02. The van der Waals surface area contributed by atoms with Crippen LogP contribution in [0.1, 0.15) is 88.1 Å². The molecule has 1 heterocycles. The van der Waals surface area contributed by atoms with E-state index in [1.165, 1.54) is 11.8 Å². The molecule has 0 bridgehead atoms. The molecule has 0 saturated carbocycles. The predicted octanol–water partition coefficient (Wildman–Crippen LogP) is 7.24. The molecule has 1 aromatic rings. The van der Waals surface area contributed by atoms with Crippen LogP contribution in [0, 0.1) is 0 Å². The van der Waals surface area contributed by atoms with Gasteiger partial charge < -0.3 is 9.47 Å². The van der Waals surface area contributed by atoms with Gasteiger partial charge in [-0.1, -0.05) is 53.7 Å². The molecule has 0 unspecified atom stereocenters. The third kappa shape index (κ3) is 22.1. The van der Waals surface area contributed by atoms with E-state index in [1.807, 2.05) is 81.5 Å². The summed E-state index contributed by atoms with van der Waals surface area (Å²) in [5, 5.41) is 0. The van der Waals surface area contributed by atoms with Crippen LogP contribution in [0.5, 0.6) is 5.88 Å². The molecule has 0 amide bonds. The van der Waals surface area contributed by atoms with Gasteiger partial charge in [0.05, 0.1) is 6.10 Å². The van der Waals surface area contributed by atoms with Crippen LogP contribution in [-0.4, -0.2) is 22.6 Å². The lowest BCUT2D eigenvalue weighted by Gasteiger charge is -2.20. The minimum Gasteiger partial charge on any atom is -0.478 e. The molecule has 0 aliphatic heterocycles. The number of pyridine rings is 1. The third-order valence-electron chi connectivity index (χ3n) is 2.43. The number of ether oxygens (including phenoxy) is 2. The second-order valence-electron chi connectivity index (χ2n) is 6.47. The maximum absolute atomic E-state index is 5.62. The van der Waals surface area contributed by atoms with Gasteiger partial charge in [-0.25, -0.2) is 9.98 Å². The first-order chi connectivity index (χ1) is 12.7. The summed E-state index contributed by atoms with van der Waals surface area (Å²) < 4.78 is 10.8. The van der Waals surface area contributed by atoms with Gasteiger partial charge in [0.1, 0.15) is 5.60 Å². The number of aliphatic imine (C=N–C) groups is 1. The van der Waals surface area contributed by atoms with Gasteiger partial charge in [-0.15, -0.1) is 0 Å². The zero-order valence-corrected chi connectivity index (χ0v) is 19.7. The Morgan fingerprint density at radius 3 is 2.07 bits per heavy atom. The number of hydrogen-bond acceptors (Lipinski definition) is 4. The molecule has 0 atom stereocenters. The van der Waals surface area contributed by atoms with Crippen LogP contribution in [-0.2, 0) is 11.2 Å². The van der Waals surface area contributed by atoms with E-state index in [9.17, 15) is 0 Å². The first-order valence-corrected chi connectivity index (χ1v) is 10.1. The number of hydrogen-bond donors (Lipinski definition) is 0. The van der Waals surface area contributed by atoms with Crippen molar-refractivity contribution >= 4 is 5.90 Å². The third-order valence-corrected chi connectivity index (χ3v) is 2.43. The van der Waals surface area contributed by atoms with Crippen molar-refractivity contribution in [2.75, 3.05) is 0 Å². The Morgan fingerprint density at radius 2 is 1.74 bits per heavy atom. The van der Waals surface area contributed by atoms with Gasteiger partial charge in [0.2, 0.25) is 5.88 Å². The molecule has 4 heteroatoms. The molecule has 0 fully saturated rings. The van der Waals surface area contributed by atoms with E-state index in [2.05, 4.69) is 29.5 Å². The first-order valence-electron chi connectivity index (χ1n) is 10.1. The predicted molar refractivity (Wildman–Crippen MR) is 121 cm³/mol. The highest BCUT2D eigenvalue weighted by Crippen LogP contribution is 2.15. The molecule has 0 radical (unpaired) electrons. The summed E-state index contributed by atoms with van der Waals surface area (Å²) in [6.45, 7) is 25.4. The van der Waals surface area contributed by atoms with Crippen molar-refractivity contribution in [2.24, 2.45) is 4.99 Å². The average molecular weight is 381 g/mol. The fourth-order valence-electron chi connectivity index (χ4n) is 1.72. The molecular weight excluding hydrogens is 336 g/mol. The van der Waals surface area contributed by atoms with Crippen LogP contribution in [0.3, 0.4) is 0 Å². The minimum absolute atomic E-state index is 0.167. The van der Waals surface area contributed by atoms with Gasteiger partial charge >= 0.3 is 0 Å². The van der Waals surface area contributed by atoms with E-state index in [-0.39, 0.29) is 11.7 Å². The summed E-state index contributed by atoms with van der Waals surface area (Å²) in [7, 11) is 0. The van der Waals surface area contributed by atoms with Gasteiger partial charge in [0.15, 0.2) is 5.90 Å². The van der Waals surface area contributed by atoms with E-state index in [0.717, 1.165) is 12.8 Å². The fraction of sp³-hybridized carbons (Fsp3) is 0.652. The van der Waals surface area contributed by atoms with Crippen molar-refractivity contribution in [1.29, 1.82) is 0 Å². The van der Waals surface area contributed by atoms with Crippen molar-refractivity contribution in [3.05, 3.63) is 36.7 Å². The van der Waals surface area contributed by atoms with Crippen molar-refractivity contribution < 1.29 is 9.47 Å². The molecule has 0 aromatic carbocycles. The number of rotatable bonds is 5. The van der Waals surface area contributed by atoms with Crippen LogP contribution < -0.4 is 4.74 Å². The molecule has 0 N–H and O–H groups in total. The molecule has 158 valence electrons. The monoisotopic (exact) mass is 380 g/mol. The molecule has 0 spiro atoms. The second-order valence-corrected chi connectivity index (χ2v) is 6.47. The standard InChI is InChI=1S/C12H19NO.C7H13NO.2C2H6/c1-5-6-10-7-8-11(13-9-10)14-12(2,3)4;1-5-8-7(4)9-6(2)3;2*1-2/h7-9H,5-6H2,1-4H3;5-6H,1H2,2-4H3;2*1-2H3. The minimum atomic E-state index is -0.167. The SMILES string of the molecule is C=CN=C(C)OC(C)C.CC.CC.CCCc1ccc(OC(C)(C)C)nc1. The maximum atomic E-state index is 5.62. The second kappa shape index (κ2) is 18.9. The summed E-state index contributed by atoms with van der Waals surface area (Å²) in [5.74, 6) is 1.37. The van der Waals surface area contributed by atoms with Gasteiger partial charge in [0, 0.05) is 25.4 Å². The van der Waals surface area contributed by atoms with Gasteiger partial charge in [0.25, 0.3) is 0 Å². The Labute approximate surface area is 169 Å². The van der Waals surface area contributed by atoms with E-state index in [4.69, 9.17) is 9.47 Å².